The molecule has 0 aromatic carbocycles. The van der Waals surface area contributed by atoms with Gasteiger partial charge in [0.25, 0.3) is 10.0 Å². The van der Waals surface area contributed by atoms with E-state index in [0.29, 0.717) is 25.9 Å². The van der Waals surface area contributed by atoms with Crippen molar-refractivity contribution in [2.45, 2.75) is 22.6 Å². The molecule has 1 aliphatic rings. The molecule has 0 saturated carbocycles. The van der Waals surface area contributed by atoms with Crippen molar-refractivity contribution in [3.63, 3.8) is 0 Å². The van der Waals surface area contributed by atoms with E-state index in [2.05, 4.69) is 14.8 Å². The Bertz CT molecular complexity index is 575. The monoisotopic (exact) mass is 318 g/mol. The number of amidine groups is 1. The number of nitrogens with two attached hydrogens (primary N) is 1. The van der Waals surface area contributed by atoms with Crippen LogP contribution in [0.25, 0.3) is 0 Å². The number of oxime groups is 1. The maximum Gasteiger partial charge on any atom is 0.250 e. The fourth-order valence-electron chi connectivity index (χ4n) is 2.23. The van der Waals surface area contributed by atoms with Crippen molar-refractivity contribution in [2.24, 2.45) is 10.9 Å². The fraction of sp³-hybridized carbons (Fsp3) is 0.545. The van der Waals surface area contributed by atoms with Gasteiger partial charge in [-0.2, -0.15) is 4.72 Å². The van der Waals surface area contributed by atoms with Crippen LogP contribution in [0, 0.1) is 0 Å². The van der Waals surface area contributed by atoms with E-state index in [1.165, 1.54) is 6.07 Å². The first-order valence-corrected chi connectivity index (χ1v) is 8.50. The number of rotatable bonds is 4. The Balaban J connectivity index is 2.30. The van der Waals surface area contributed by atoms with Crippen LogP contribution in [-0.4, -0.2) is 50.0 Å². The topological polar surface area (TPSA) is 108 Å². The molecule has 9 heteroatoms. The Morgan fingerprint density at radius 1 is 1.55 bits per heavy atom. The number of hydrogen-bond acceptors (Lipinski definition) is 6. The van der Waals surface area contributed by atoms with Crippen LogP contribution < -0.4 is 10.5 Å². The molecule has 0 amide bonds. The minimum Gasteiger partial charge on any atom is -0.409 e. The van der Waals surface area contributed by atoms with Crippen LogP contribution >= 0.6 is 11.3 Å². The minimum absolute atomic E-state index is 0.0919. The van der Waals surface area contributed by atoms with E-state index in [9.17, 15) is 8.42 Å². The molecule has 4 N–H and O–H groups in total. The van der Waals surface area contributed by atoms with Gasteiger partial charge in [0.2, 0.25) is 0 Å². The summed E-state index contributed by atoms with van der Waals surface area (Å²) in [4.78, 5) is 2.07. The van der Waals surface area contributed by atoms with Crippen LogP contribution in [-0.2, 0) is 10.0 Å². The molecular weight excluding hydrogens is 300 g/mol. The number of piperidine rings is 1. The molecule has 2 heterocycles. The molecule has 0 bridgehead atoms. The van der Waals surface area contributed by atoms with Gasteiger partial charge in [-0.05, 0) is 31.3 Å². The summed E-state index contributed by atoms with van der Waals surface area (Å²) in [7, 11) is -1.72. The molecule has 1 saturated heterocycles. The van der Waals surface area contributed by atoms with Crippen LogP contribution in [0.3, 0.4) is 0 Å². The molecule has 2 rings (SSSR count). The molecule has 7 nitrogen and oxygen atoms in total. The zero-order valence-corrected chi connectivity index (χ0v) is 12.7. The number of hydrogen-bond donors (Lipinski definition) is 3. The number of sulfonamides is 1. The second-order valence-corrected chi connectivity index (χ2v) is 7.77. The van der Waals surface area contributed by atoms with Gasteiger partial charge in [-0.3, -0.25) is 0 Å². The Hall–Kier alpha value is -1.16. The highest BCUT2D eigenvalue weighted by Crippen LogP contribution is 2.26. The smallest absolute Gasteiger partial charge is 0.250 e. The van der Waals surface area contributed by atoms with Gasteiger partial charge in [-0.1, -0.05) is 11.2 Å². The Morgan fingerprint density at radius 3 is 2.70 bits per heavy atom. The predicted octanol–water partition coefficient (Wildman–Crippen LogP) is 0.237. The van der Waals surface area contributed by atoms with Crippen LogP contribution in [0.5, 0.6) is 0 Å². The zero-order chi connectivity index (χ0) is 14.8. The van der Waals surface area contributed by atoms with E-state index in [1.807, 2.05) is 7.05 Å². The fourth-order valence-corrected chi connectivity index (χ4v) is 4.66. The van der Waals surface area contributed by atoms with Crippen molar-refractivity contribution < 1.29 is 13.6 Å². The van der Waals surface area contributed by atoms with Gasteiger partial charge in [0.05, 0.1) is 5.54 Å². The van der Waals surface area contributed by atoms with Crippen molar-refractivity contribution in [1.82, 2.24) is 9.62 Å². The van der Waals surface area contributed by atoms with E-state index < -0.39 is 15.6 Å². The predicted molar refractivity (Wildman–Crippen MR) is 77.5 cm³/mol. The SMILES string of the molecule is CN1CCC(NS(=O)(=O)c2cccs2)(/C(N)=N/O)CC1. The molecule has 1 aromatic heterocycles. The summed E-state index contributed by atoms with van der Waals surface area (Å²) in [5, 5.41) is 13.7. The number of nitrogens with one attached hydrogen (secondary N) is 1. The van der Waals surface area contributed by atoms with Crippen molar-refractivity contribution >= 4 is 27.2 Å². The lowest BCUT2D eigenvalue weighted by Crippen LogP contribution is -2.61. The van der Waals surface area contributed by atoms with Crippen molar-refractivity contribution in [3.8, 4) is 0 Å². The summed E-state index contributed by atoms with van der Waals surface area (Å²) >= 11 is 1.13. The molecule has 0 atom stereocenters. The van der Waals surface area contributed by atoms with E-state index in [4.69, 9.17) is 10.9 Å². The molecule has 0 spiro atoms. The molecule has 0 radical (unpaired) electrons. The average molecular weight is 318 g/mol. The van der Waals surface area contributed by atoms with Gasteiger partial charge < -0.3 is 15.8 Å². The maximum absolute atomic E-state index is 12.4. The minimum atomic E-state index is -3.67. The molecule has 1 aliphatic heterocycles. The first-order chi connectivity index (χ1) is 9.39. The maximum atomic E-state index is 12.4. The standard InChI is InChI=1S/C11H18N4O3S2/c1-15-6-4-11(5-7-15,10(12)13-16)14-20(17,18)9-3-2-8-19-9/h2-3,8,14,16H,4-7H2,1H3,(H2,12,13). The van der Waals surface area contributed by atoms with E-state index in [1.54, 1.807) is 11.4 Å². The van der Waals surface area contributed by atoms with Crippen LogP contribution in [0.1, 0.15) is 12.8 Å². The summed E-state index contributed by atoms with van der Waals surface area (Å²) in [6.45, 7) is 1.34. The van der Waals surface area contributed by atoms with Gasteiger partial charge in [-0.15, -0.1) is 11.3 Å². The lowest BCUT2D eigenvalue weighted by molar-refractivity contribution is 0.213. The van der Waals surface area contributed by atoms with Gasteiger partial charge in [-0.25, -0.2) is 8.42 Å². The zero-order valence-electron chi connectivity index (χ0n) is 11.1. The van der Waals surface area contributed by atoms with Gasteiger partial charge in [0.1, 0.15) is 4.21 Å². The molecule has 1 fully saturated rings. The Morgan fingerprint density at radius 2 is 2.20 bits per heavy atom. The molecular formula is C11H18N4O3S2. The second-order valence-electron chi connectivity index (χ2n) is 4.91. The van der Waals surface area contributed by atoms with Crippen LogP contribution in [0.2, 0.25) is 0 Å². The summed E-state index contributed by atoms with van der Waals surface area (Å²) in [5.74, 6) is -0.0919. The van der Waals surface area contributed by atoms with E-state index in [0.717, 1.165) is 11.3 Å². The highest BCUT2D eigenvalue weighted by molar-refractivity contribution is 7.91. The molecule has 112 valence electrons. The largest absolute Gasteiger partial charge is 0.409 e. The lowest BCUT2D eigenvalue weighted by Gasteiger charge is -2.39. The second kappa shape index (κ2) is 5.68. The van der Waals surface area contributed by atoms with Gasteiger partial charge in [0, 0.05) is 13.1 Å². The number of thiophene rings is 1. The van der Waals surface area contributed by atoms with Gasteiger partial charge >= 0.3 is 0 Å². The van der Waals surface area contributed by atoms with Crippen molar-refractivity contribution in [2.75, 3.05) is 20.1 Å². The van der Waals surface area contributed by atoms with Crippen LogP contribution in [0.4, 0.5) is 0 Å². The number of likely N-dealkylation sites (tertiary alicyclic amines) is 1. The summed E-state index contributed by atoms with van der Waals surface area (Å²) in [6, 6.07) is 3.20. The van der Waals surface area contributed by atoms with E-state index in [-0.39, 0.29) is 10.0 Å². The quantitative estimate of drug-likeness (QED) is 0.319. The Kier molecular flexibility index (Phi) is 4.33. The van der Waals surface area contributed by atoms with Crippen LogP contribution in [0.15, 0.2) is 26.9 Å². The summed E-state index contributed by atoms with van der Waals surface area (Å²) in [6.07, 6.45) is 0.925. The third-order valence-corrected chi connectivity index (χ3v) is 6.46. The van der Waals surface area contributed by atoms with Gasteiger partial charge in [0.15, 0.2) is 5.84 Å². The third kappa shape index (κ3) is 2.95. The number of nitrogens with zero attached hydrogens (tertiary/aromatic N) is 2. The first-order valence-electron chi connectivity index (χ1n) is 6.14. The summed E-state index contributed by atoms with van der Waals surface area (Å²) < 4.78 is 27.6. The third-order valence-electron chi connectivity index (χ3n) is 3.53. The molecule has 0 aliphatic carbocycles. The summed E-state index contributed by atoms with van der Waals surface area (Å²) in [5.41, 5.74) is 4.72. The average Bonchev–Trinajstić information content (AvgIpc) is 2.95. The molecule has 1 aromatic rings. The Labute approximate surface area is 122 Å². The normalized spacial score (nSPS) is 20.9. The van der Waals surface area contributed by atoms with Crippen molar-refractivity contribution in [1.29, 1.82) is 0 Å². The molecule has 20 heavy (non-hydrogen) atoms. The van der Waals surface area contributed by atoms with E-state index >= 15 is 0 Å². The first kappa shape index (κ1) is 15.2. The molecule has 0 unspecified atom stereocenters. The highest BCUT2D eigenvalue weighted by atomic mass is 32.2. The van der Waals surface area contributed by atoms with Crippen molar-refractivity contribution in [3.05, 3.63) is 17.5 Å². The lowest BCUT2D eigenvalue weighted by atomic mass is 9.88. The highest BCUT2D eigenvalue weighted by Gasteiger charge is 2.42.